The quantitative estimate of drug-likeness (QED) is 0.909. The van der Waals surface area contributed by atoms with Gasteiger partial charge in [-0.2, -0.15) is 5.26 Å². The van der Waals surface area contributed by atoms with E-state index < -0.39 is 11.9 Å². The standard InChI is InChI=1S/C14H11ClFN3O/c15-11-2-1-10(6-12(11)16)13(20)8-19-14-5-9(7-17)3-4-18-14/h1-6,13,20H,8H2,(H,18,19)/t13-/m0/s1. The molecule has 0 radical (unpaired) electrons. The van der Waals surface area contributed by atoms with Gasteiger partial charge in [-0.1, -0.05) is 17.7 Å². The molecule has 1 atom stereocenters. The minimum absolute atomic E-state index is 0.0114. The summed E-state index contributed by atoms with van der Waals surface area (Å²) in [4.78, 5) is 4.02. The van der Waals surface area contributed by atoms with Crippen molar-refractivity contribution in [1.29, 1.82) is 5.26 Å². The van der Waals surface area contributed by atoms with Crippen LogP contribution in [0.3, 0.4) is 0 Å². The van der Waals surface area contributed by atoms with E-state index in [1.54, 1.807) is 18.2 Å². The second-order valence-electron chi connectivity index (χ2n) is 4.11. The second-order valence-corrected chi connectivity index (χ2v) is 4.52. The van der Waals surface area contributed by atoms with E-state index in [9.17, 15) is 9.50 Å². The zero-order valence-corrected chi connectivity index (χ0v) is 11.1. The minimum atomic E-state index is -0.908. The molecule has 0 aliphatic carbocycles. The van der Waals surface area contributed by atoms with E-state index >= 15 is 0 Å². The summed E-state index contributed by atoms with van der Waals surface area (Å²) in [5.41, 5.74) is 0.880. The first kappa shape index (κ1) is 14.3. The Morgan fingerprint density at radius 2 is 2.20 bits per heavy atom. The molecule has 1 aromatic carbocycles. The number of nitriles is 1. The summed E-state index contributed by atoms with van der Waals surface area (Å²) in [5.74, 6) is -0.106. The van der Waals surface area contributed by atoms with Crippen LogP contribution in [0.1, 0.15) is 17.2 Å². The third kappa shape index (κ3) is 3.44. The Morgan fingerprint density at radius 3 is 2.90 bits per heavy atom. The van der Waals surface area contributed by atoms with Crippen molar-refractivity contribution in [2.75, 3.05) is 11.9 Å². The van der Waals surface area contributed by atoms with E-state index in [2.05, 4.69) is 10.3 Å². The number of aliphatic hydroxyl groups excluding tert-OH is 1. The smallest absolute Gasteiger partial charge is 0.142 e. The maximum absolute atomic E-state index is 13.3. The molecule has 0 aliphatic rings. The number of rotatable bonds is 4. The Labute approximate surface area is 120 Å². The van der Waals surface area contributed by atoms with Crippen LogP contribution in [-0.2, 0) is 0 Å². The van der Waals surface area contributed by atoms with Crippen molar-refractivity contribution in [2.24, 2.45) is 0 Å². The molecule has 0 saturated heterocycles. The van der Waals surface area contributed by atoms with Crippen LogP contribution in [0.4, 0.5) is 10.2 Å². The zero-order chi connectivity index (χ0) is 14.5. The zero-order valence-electron chi connectivity index (χ0n) is 10.3. The molecule has 0 saturated carbocycles. The van der Waals surface area contributed by atoms with Gasteiger partial charge in [-0.05, 0) is 29.8 Å². The monoisotopic (exact) mass is 291 g/mol. The van der Waals surface area contributed by atoms with E-state index in [4.69, 9.17) is 16.9 Å². The maximum atomic E-state index is 13.3. The van der Waals surface area contributed by atoms with Crippen LogP contribution in [0.2, 0.25) is 5.02 Å². The summed E-state index contributed by atoms with van der Waals surface area (Å²) in [5, 5.41) is 21.6. The van der Waals surface area contributed by atoms with Gasteiger partial charge < -0.3 is 10.4 Å². The molecule has 20 heavy (non-hydrogen) atoms. The van der Waals surface area contributed by atoms with E-state index in [1.165, 1.54) is 18.3 Å². The lowest BCUT2D eigenvalue weighted by molar-refractivity contribution is 0.191. The van der Waals surface area contributed by atoms with Crippen LogP contribution in [0.5, 0.6) is 0 Å². The van der Waals surface area contributed by atoms with E-state index in [0.29, 0.717) is 16.9 Å². The summed E-state index contributed by atoms with van der Waals surface area (Å²) < 4.78 is 13.3. The number of hydrogen-bond donors (Lipinski definition) is 2. The highest BCUT2D eigenvalue weighted by molar-refractivity contribution is 6.30. The molecule has 4 nitrogen and oxygen atoms in total. The molecule has 0 fully saturated rings. The normalized spacial score (nSPS) is 11.7. The largest absolute Gasteiger partial charge is 0.387 e. The molecule has 0 spiro atoms. The minimum Gasteiger partial charge on any atom is -0.387 e. The second kappa shape index (κ2) is 6.33. The van der Waals surface area contributed by atoms with Crippen LogP contribution in [0, 0.1) is 17.1 Å². The Balaban J connectivity index is 2.02. The first-order valence-corrected chi connectivity index (χ1v) is 6.21. The van der Waals surface area contributed by atoms with Gasteiger partial charge in [0.2, 0.25) is 0 Å². The fraction of sp³-hybridized carbons (Fsp3) is 0.143. The summed E-state index contributed by atoms with van der Waals surface area (Å²) in [7, 11) is 0. The van der Waals surface area contributed by atoms with Crippen LogP contribution in [0.25, 0.3) is 0 Å². The van der Waals surface area contributed by atoms with Crippen molar-refractivity contribution in [3.8, 4) is 6.07 Å². The van der Waals surface area contributed by atoms with Gasteiger partial charge in [-0.25, -0.2) is 9.37 Å². The number of pyridine rings is 1. The molecule has 0 bridgehead atoms. The maximum Gasteiger partial charge on any atom is 0.142 e. The molecule has 0 unspecified atom stereocenters. The number of nitrogens with one attached hydrogen (secondary N) is 1. The number of halogens is 2. The van der Waals surface area contributed by atoms with Crippen molar-refractivity contribution in [3.63, 3.8) is 0 Å². The van der Waals surface area contributed by atoms with E-state index in [1.807, 2.05) is 6.07 Å². The molecule has 2 N–H and O–H groups in total. The van der Waals surface area contributed by atoms with E-state index in [0.717, 1.165) is 0 Å². The third-order valence-electron chi connectivity index (χ3n) is 2.69. The van der Waals surface area contributed by atoms with Crippen molar-refractivity contribution >= 4 is 17.4 Å². The molecular formula is C14H11ClFN3O. The number of benzene rings is 1. The fourth-order valence-corrected chi connectivity index (χ4v) is 1.75. The average molecular weight is 292 g/mol. The molecule has 1 heterocycles. The number of aliphatic hydroxyl groups is 1. The highest BCUT2D eigenvalue weighted by Gasteiger charge is 2.10. The van der Waals surface area contributed by atoms with Crippen molar-refractivity contribution < 1.29 is 9.50 Å². The van der Waals surface area contributed by atoms with Gasteiger partial charge in [0.25, 0.3) is 0 Å². The lowest BCUT2D eigenvalue weighted by Gasteiger charge is -2.13. The average Bonchev–Trinajstić information content (AvgIpc) is 2.47. The highest BCUT2D eigenvalue weighted by Crippen LogP contribution is 2.20. The molecule has 0 aliphatic heterocycles. The Hall–Kier alpha value is -2.16. The Bertz CT molecular complexity index is 657. The molecular weight excluding hydrogens is 281 g/mol. The third-order valence-corrected chi connectivity index (χ3v) is 3.00. The highest BCUT2D eigenvalue weighted by atomic mass is 35.5. The Kier molecular flexibility index (Phi) is 4.51. The summed E-state index contributed by atoms with van der Waals surface area (Å²) >= 11 is 5.58. The predicted molar refractivity (Wildman–Crippen MR) is 73.8 cm³/mol. The van der Waals surface area contributed by atoms with Gasteiger partial charge in [-0.3, -0.25) is 0 Å². The molecule has 6 heteroatoms. The number of hydrogen-bond acceptors (Lipinski definition) is 4. The van der Waals surface area contributed by atoms with Gasteiger partial charge >= 0.3 is 0 Å². The molecule has 102 valence electrons. The van der Waals surface area contributed by atoms with Gasteiger partial charge in [-0.15, -0.1) is 0 Å². The predicted octanol–water partition coefficient (Wildman–Crippen LogP) is 2.89. The lowest BCUT2D eigenvalue weighted by atomic mass is 10.1. The number of anilines is 1. The summed E-state index contributed by atoms with van der Waals surface area (Å²) in [6, 6.07) is 9.27. The van der Waals surface area contributed by atoms with Gasteiger partial charge in [0.05, 0.1) is 22.8 Å². The number of aromatic nitrogens is 1. The van der Waals surface area contributed by atoms with Crippen molar-refractivity contribution in [1.82, 2.24) is 4.98 Å². The first-order chi connectivity index (χ1) is 9.60. The van der Waals surface area contributed by atoms with Crippen LogP contribution in [-0.4, -0.2) is 16.6 Å². The molecule has 1 aromatic heterocycles. The molecule has 2 rings (SSSR count). The molecule has 2 aromatic rings. The van der Waals surface area contributed by atoms with E-state index in [-0.39, 0.29) is 11.6 Å². The van der Waals surface area contributed by atoms with Crippen molar-refractivity contribution in [3.05, 3.63) is 58.5 Å². The van der Waals surface area contributed by atoms with Crippen LogP contribution in [0.15, 0.2) is 36.5 Å². The van der Waals surface area contributed by atoms with Crippen molar-refractivity contribution in [2.45, 2.75) is 6.10 Å². The van der Waals surface area contributed by atoms with Gasteiger partial charge in [0.15, 0.2) is 0 Å². The topological polar surface area (TPSA) is 68.9 Å². The van der Waals surface area contributed by atoms with Crippen LogP contribution >= 0.6 is 11.6 Å². The van der Waals surface area contributed by atoms with Gasteiger partial charge in [0, 0.05) is 12.7 Å². The summed E-state index contributed by atoms with van der Waals surface area (Å²) in [6.07, 6.45) is 0.587. The summed E-state index contributed by atoms with van der Waals surface area (Å²) in [6.45, 7) is 0.142. The Morgan fingerprint density at radius 1 is 1.40 bits per heavy atom. The lowest BCUT2D eigenvalue weighted by Crippen LogP contribution is -2.13. The fourth-order valence-electron chi connectivity index (χ4n) is 1.64. The SMILES string of the molecule is N#Cc1ccnc(NC[C@H](O)c2ccc(Cl)c(F)c2)c1. The van der Waals surface area contributed by atoms with Crippen LogP contribution < -0.4 is 5.32 Å². The first-order valence-electron chi connectivity index (χ1n) is 5.83. The van der Waals surface area contributed by atoms with Gasteiger partial charge in [0.1, 0.15) is 11.6 Å². The molecule has 0 amide bonds. The number of nitrogens with zero attached hydrogens (tertiary/aromatic N) is 2.